The third kappa shape index (κ3) is 4.34. The van der Waals surface area contributed by atoms with E-state index in [4.69, 9.17) is 4.74 Å². The molecule has 0 saturated carbocycles. The number of halogens is 4. The van der Waals surface area contributed by atoms with Crippen molar-refractivity contribution in [2.75, 3.05) is 19.7 Å². The zero-order valence-corrected chi connectivity index (χ0v) is 8.32. The molecule has 1 aliphatic rings. The Hall–Kier alpha value is -0.360. The second-order valence-electron chi connectivity index (χ2n) is 3.68. The molecule has 6 heteroatoms. The summed E-state index contributed by atoms with van der Waals surface area (Å²) in [5.41, 5.74) is 0. The number of hydrogen-bond acceptors (Lipinski definition) is 2. The largest absolute Gasteiger partial charge is 0.377 e. The Morgan fingerprint density at radius 1 is 1.33 bits per heavy atom. The van der Waals surface area contributed by atoms with Crippen LogP contribution in [0.3, 0.4) is 0 Å². The van der Waals surface area contributed by atoms with Crippen LogP contribution >= 0.6 is 0 Å². The zero-order chi connectivity index (χ0) is 11.3. The van der Waals surface area contributed by atoms with E-state index in [1.54, 1.807) is 0 Å². The molecule has 0 aromatic rings. The Morgan fingerprint density at radius 3 is 2.60 bits per heavy atom. The van der Waals surface area contributed by atoms with Gasteiger partial charge < -0.3 is 10.1 Å². The van der Waals surface area contributed by atoms with Crippen molar-refractivity contribution in [1.82, 2.24) is 5.32 Å². The summed E-state index contributed by atoms with van der Waals surface area (Å²) in [6, 6.07) is 0. The molecule has 0 aromatic carbocycles. The average molecular weight is 229 g/mol. The van der Waals surface area contributed by atoms with Crippen LogP contribution in [-0.2, 0) is 4.74 Å². The highest BCUT2D eigenvalue weighted by molar-refractivity contribution is 4.74. The summed E-state index contributed by atoms with van der Waals surface area (Å²) >= 11 is 0. The van der Waals surface area contributed by atoms with Crippen molar-refractivity contribution in [2.45, 2.75) is 37.7 Å². The molecule has 1 saturated heterocycles. The Balaban J connectivity index is 2.14. The average Bonchev–Trinajstić information content (AvgIpc) is 2.19. The first-order chi connectivity index (χ1) is 7.02. The molecular weight excluding hydrogens is 214 g/mol. The fourth-order valence-corrected chi connectivity index (χ4v) is 1.45. The SMILES string of the molecule is FC(F)C(F)(F)CNCC1CCCCO1. The van der Waals surface area contributed by atoms with E-state index in [1.165, 1.54) is 0 Å². The molecule has 0 amide bonds. The number of nitrogens with one attached hydrogen (secondary N) is 1. The first-order valence-corrected chi connectivity index (χ1v) is 5.00. The minimum absolute atomic E-state index is 0.118. The van der Waals surface area contributed by atoms with Gasteiger partial charge in [-0.05, 0) is 19.3 Å². The van der Waals surface area contributed by atoms with Crippen LogP contribution in [0.15, 0.2) is 0 Å². The highest BCUT2D eigenvalue weighted by atomic mass is 19.3. The maximum absolute atomic E-state index is 12.4. The quantitative estimate of drug-likeness (QED) is 0.728. The van der Waals surface area contributed by atoms with E-state index in [9.17, 15) is 17.6 Å². The molecule has 1 aliphatic heterocycles. The number of ether oxygens (including phenoxy) is 1. The van der Waals surface area contributed by atoms with Crippen molar-refractivity contribution in [3.8, 4) is 0 Å². The molecule has 1 heterocycles. The fraction of sp³-hybridized carbons (Fsp3) is 1.00. The Bertz CT molecular complexity index is 183. The number of alkyl halides is 4. The molecule has 0 aliphatic carbocycles. The molecule has 1 unspecified atom stereocenters. The van der Waals surface area contributed by atoms with E-state index in [2.05, 4.69) is 5.32 Å². The minimum Gasteiger partial charge on any atom is -0.377 e. The van der Waals surface area contributed by atoms with Gasteiger partial charge in [-0.15, -0.1) is 0 Å². The van der Waals surface area contributed by atoms with Gasteiger partial charge in [0.25, 0.3) is 0 Å². The van der Waals surface area contributed by atoms with Crippen LogP contribution in [0.5, 0.6) is 0 Å². The van der Waals surface area contributed by atoms with Crippen molar-refractivity contribution < 1.29 is 22.3 Å². The van der Waals surface area contributed by atoms with Gasteiger partial charge in [0.2, 0.25) is 0 Å². The molecule has 0 radical (unpaired) electrons. The normalized spacial score (nSPS) is 23.4. The number of hydrogen-bond donors (Lipinski definition) is 1. The predicted octanol–water partition coefficient (Wildman–Crippen LogP) is 2.05. The lowest BCUT2D eigenvalue weighted by Gasteiger charge is -2.24. The summed E-state index contributed by atoms with van der Waals surface area (Å²) < 4.78 is 53.7. The summed E-state index contributed by atoms with van der Waals surface area (Å²) in [7, 11) is 0. The molecule has 1 atom stereocenters. The highest BCUT2D eigenvalue weighted by Gasteiger charge is 2.40. The molecule has 0 aromatic heterocycles. The van der Waals surface area contributed by atoms with Crippen molar-refractivity contribution in [3.63, 3.8) is 0 Å². The second kappa shape index (κ2) is 5.65. The fourth-order valence-electron chi connectivity index (χ4n) is 1.45. The number of rotatable bonds is 5. The van der Waals surface area contributed by atoms with Gasteiger partial charge in [-0.2, -0.15) is 8.78 Å². The van der Waals surface area contributed by atoms with Gasteiger partial charge in [0.05, 0.1) is 12.6 Å². The standard InChI is InChI=1S/C9H15F4NO/c10-8(11)9(12,13)6-14-5-7-3-1-2-4-15-7/h7-8,14H,1-6H2. The molecule has 1 N–H and O–H groups in total. The van der Waals surface area contributed by atoms with Crippen LogP contribution in [0, 0.1) is 0 Å². The van der Waals surface area contributed by atoms with Crippen molar-refractivity contribution in [1.29, 1.82) is 0 Å². The van der Waals surface area contributed by atoms with Gasteiger partial charge in [-0.25, -0.2) is 8.78 Å². The maximum Gasteiger partial charge on any atom is 0.319 e. The van der Waals surface area contributed by atoms with Crippen molar-refractivity contribution >= 4 is 0 Å². The molecule has 90 valence electrons. The van der Waals surface area contributed by atoms with Crippen molar-refractivity contribution in [2.24, 2.45) is 0 Å². The van der Waals surface area contributed by atoms with E-state index in [0.29, 0.717) is 6.61 Å². The highest BCUT2D eigenvalue weighted by Crippen LogP contribution is 2.21. The first kappa shape index (κ1) is 12.7. The molecule has 2 nitrogen and oxygen atoms in total. The van der Waals surface area contributed by atoms with E-state index in [0.717, 1.165) is 19.3 Å². The Kier molecular flexibility index (Phi) is 4.79. The smallest absolute Gasteiger partial charge is 0.319 e. The summed E-state index contributed by atoms with van der Waals surface area (Å²) in [6.45, 7) is -0.162. The van der Waals surface area contributed by atoms with E-state index in [-0.39, 0.29) is 12.6 Å². The van der Waals surface area contributed by atoms with Gasteiger partial charge in [-0.1, -0.05) is 0 Å². The molecular formula is C9H15F4NO. The predicted molar refractivity (Wildman–Crippen MR) is 47.4 cm³/mol. The van der Waals surface area contributed by atoms with E-state index < -0.39 is 18.9 Å². The van der Waals surface area contributed by atoms with Crippen molar-refractivity contribution in [3.05, 3.63) is 0 Å². The lowest BCUT2D eigenvalue weighted by atomic mass is 10.1. The van der Waals surface area contributed by atoms with Gasteiger partial charge in [0.15, 0.2) is 0 Å². The maximum atomic E-state index is 12.4. The third-order valence-electron chi connectivity index (χ3n) is 2.33. The second-order valence-corrected chi connectivity index (χ2v) is 3.68. The molecule has 15 heavy (non-hydrogen) atoms. The summed E-state index contributed by atoms with van der Waals surface area (Å²) in [4.78, 5) is 0. The summed E-state index contributed by atoms with van der Waals surface area (Å²) in [6.07, 6.45) is -0.960. The minimum atomic E-state index is -3.95. The van der Waals surface area contributed by atoms with Crippen LogP contribution in [-0.4, -0.2) is 38.1 Å². The van der Waals surface area contributed by atoms with Gasteiger partial charge in [0, 0.05) is 13.2 Å². The lowest BCUT2D eigenvalue weighted by molar-refractivity contribution is -0.126. The summed E-state index contributed by atoms with van der Waals surface area (Å²) in [5.74, 6) is -3.95. The molecule has 0 bridgehead atoms. The lowest BCUT2D eigenvalue weighted by Crippen LogP contribution is -2.42. The first-order valence-electron chi connectivity index (χ1n) is 5.00. The molecule has 0 spiro atoms. The third-order valence-corrected chi connectivity index (χ3v) is 2.33. The molecule has 1 rings (SSSR count). The summed E-state index contributed by atoms with van der Waals surface area (Å²) in [5, 5.41) is 2.32. The zero-order valence-electron chi connectivity index (χ0n) is 8.32. The van der Waals surface area contributed by atoms with Crippen LogP contribution < -0.4 is 5.32 Å². The Labute approximate surface area is 86.0 Å². The monoisotopic (exact) mass is 229 g/mol. The van der Waals surface area contributed by atoms with Gasteiger partial charge in [-0.3, -0.25) is 0 Å². The van der Waals surface area contributed by atoms with Crippen LogP contribution in [0.2, 0.25) is 0 Å². The van der Waals surface area contributed by atoms with Crippen LogP contribution in [0.4, 0.5) is 17.6 Å². The van der Waals surface area contributed by atoms with E-state index in [1.807, 2.05) is 0 Å². The van der Waals surface area contributed by atoms with Crippen LogP contribution in [0.1, 0.15) is 19.3 Å². The molecule has 1 fully saturated rings. The van der Waals surface area contributed by atoms with Gasteiger partial charge in [0.1, 0.15) is 0 Å². The van der Waals surface area contributed by atoms with Gasteiger partial charge >= 0.3 is 12.3 Å². The van der Waals surface area contributed by atoms with E-state index >= 15 is 0 Å². The topological polar surface area (TPSA) is 21.3 Å². The van der Waals surface area contributed by atoms with Crippen LogP contribution in [0.25, 0.3) is 0 Å². The Morgan fingerprint density at radius 2 is 2.07 bits per heavy atom.